The van der Waals surface area contributed by atoms with E-state index in [4.69, 9.17) is 5.73 Å². The largest absolute Gasteiger partial charge is 0.369 e. The molecule has 5 heteroatoms. The van der Waals surface area contributed by atoms with E-state index in [0.717, 1.165) is 5.69 Å². The SMILES string of the molecule is CC1C(CN)S(=O)(=O)c2ccccc2N1C. The van der Waals surface area contributed by atoms with Crippen LogP contribution in [0.5, 0.6) is 0 Å². The average Bonchev–Trinajstić information content (AvgIpc) is 2.27. The van der Waals surface area contributed by atoms with Crippen LogP contribution in [0.25, 0.3) is 0 Å². The van der Waals surface area contributed by atoms with Crippen LogP contribution in [0.15, 0.2) is 29.2 Å². The Morgan fingerprint density at radius 3 is 2.62 bits per heavy atom. The number of hydrogen-bond donors (Lipinski definition) is 1. The summed E-state index contributed by atoms with van der Waals surface area (Å²) in [5, 5.41) is -0.521. The van der Waals surface area contributed by atoms with Gasteiger partial charge in [-0.3, -0.25) is 0 Å². The lowest BCUT2D eigenvalue weighted by atomic mass is 10.1. The molecule has 1 aromatic rings. The Morgan fingerprint density at radius 2 is 2.00 bits per heavy atom. The lowest BCUT2D eigenvalue weighted by Crippen LogP contribution is -2.51. The summed E-state index contributed by atoms with van der Waals surface area (Å²) in [4.78, 5) is 2.37. The number of nitrogens with two attached hydrogens (primary N) is 1. The third kappa shape index (κ3) is 1.43. The lowest BCUT2D eigenvalue weighted by Gasteiger charge is -2.38. The average molecular weight is 240 g/mol. The zero-order valence-corrected chi connectivity index (χ0v) is 10.2. The van der Waals surface area contributed by atoms with Gasteiger partial charge in [-0.25, -0.2) is 8.42 Å². The maximum Gasteiger partial charge on any atom is 0.186 e. The van der Waals surface area contributed by atoms with Crippen molar-refractivity contribution in [3.63, 3.8) is 0 Å². The topological polar surface area (TPSA) is 63.4 Å². The van der Waals surface area contributed by atoms with Gasteiger partial charge in [-0.15, -0.1) is 0 Å². The molecule has 0 radical (unpaired) electrons. The van der Waals surface area contributed by atoms with Gasteiger partial charge in [0, 0.05) is 19.6 Å². The van der Waals surface area contributed by atoms with Gasteiger partial charge < -0.3 is 10.6 Å². The summed E-state index contributed by atoms with van der Waals surface area (Å²) in [6, 6.07) is 6.98. The molecule has 1 aliphatic rings. The van der Waals surface area contributed by atoms with Crippen LogP contribution in [0.1, 0.15) is 6.92 Å². The van der Waals surface area contributed by atoms with E-state index in [0.29, 0.717) is 4.90 Å². The fraction of sp³-hybridized carbons (Fsp3) is 0.455. The summed E-state index contributed by atoms with van der Waals surface area (Å²) in [5.74, 6) is 0. The molecule has 0 saturated carbocycles. The van der Waals surface area contributed by atoms with Gasteiger partial charge in [0.2, 0.25) is 0 Å². The van der Waals surface area contributed by atoms with E-state index in [1.165, 1.54) is 0 Å². The molecule has 0 amide bonds. The van der Waals surface area contributed by atoms with Crippen molar-refractivity contribution >= 4 is 15.5 Å². The number of benzene rings is 1. The van der Waals surface area contributed by atoms with Crippen molar-refractivity contribution in [2.45, 2.75) is 23.1 Å². The zero-order valence-electron chi connectivity index (χ0n) is 9.42. The quantitative estimate of drug-likeness (QED) is 0.782. The van der Waals surface area contributed by atoms with Crippen molar-refractivity contribution in [1.82, 2.24) is 0 Å². The Bertz CT molecular complexity index is 498. The van der Waals surface area contributed by atoms with Gasteiger partial charge in [0.05, 0.1) is 15.8 Å². The fourth-order valence-corrected chi connectivity index (χ4v) is 4.26. The number of hydrogen-bond acceptors (Lipinski definition) is 4. The fourth-order valence-electron chi connectivity index (χ4n) is 2.20. The van der Waals surface area contributed by atoms with Crippen molar-refractivity contribution in [3.8, 4) is 0 Å². The summed E-state index contributed by atoms with van der Waals surface area (Å²) in [5.41, 5.74) is 6.35. The van der Waals surface area contributed by atoms with Crippen LogP contribution in [0.3, 0.4) is 0 Å². The number of anilines is 1. The van der Waals surface area contributed by atoms with Crippen molar-refractivity contribution in [2.24, 2.45) is 5.73 Å². The first-order valence-electron chi connectivity index (χ1n) is 5.26. The molecule has 0 saturated heterocycles. The molecule has 1 aliphatic heterocycles. The lowest BCUT2D eigenvalue weighted by molar-refractivity contribution is 0.539. The van der Waals surface area contributed by atoms with Crippen LogP contribution in [0.4, 0.5) is 5.69 Å². The first-order valence-corrected chi connectivity index (χ1v) is 6.80. The van der Waals surface area contributed by atoms with Crippen molar-refractivity contribution in [1.29, 1.82) is 0 Å². The molecule has 4 nitrogen and oxygen atoms in total. The van der Waals surface area contributed by atoms with E-state index in [-0.39, 0.29) is 12.6 Å². The van der Waals surface area contributed by atoms with Gasteiger partial charge in [-0.05, 0) is 19.1 Å². The Balaban J connectivity index is 2.68. The second-order valence-electron chi connectivity index (χ2n) is 4.14. The summed E-state index contributed by atoms with van der Waals surface area (Å²) in [7, 11) is -1.38. The third-order valence-electron chi connectivity index (χ3n) is 3.33. The molecule has 2 N–H and O–H groups in total. The van der Waals surface area contributed by atoms with E-state index < -0.39 is 15.1 Å². The molecule has 16 heavy (non-hydrogen) atoms. The number of nitrogens with zero attached hydrogens (tertiary/aromatic N) is 1. The Labute approximate surface area is 96.0 Å². The number of fused-ring (bicyclic) bond motifs is 1. The molecule has 0 aliphatic carbocycles. The standard InChI is InChI=1S/C11H16N2O2S/c1-8-11(7-12)16(14,15)10-6-4-3-5-9(10)13(8)2/h3-6,8,11H,7,12H2,1-2H3. The zero-order chi connectivity index (χ0) is 11.9. The Morgan fingerprint density at radius 1 is 1.38 bits per heavy atom. The summed E-state index contributed by atoms with van der Waals surface area (Å²) >= 11 is 0. The van der Waals surface area contributed by atoms with E-state index in [1.807, 2.05) is 31.0 Å². The van der Waals surface area contributed by atoms with E-state index in [1.54, 1.807) is 12.1 Å². The van der Waals surface area contributed by atoms with Gasteiger partial charge in [0.25, 0.3) is 0 Å². The highest BCUT2D eigenvalue weighted by Crippen LogP contribution is 2.35. The van der Waals surface area contributed by atoms with Crippen LogP contribution in [-0.2, 0) is 9.84 Å². The number of rotatable bonds is 1. The minimum absolute atomic E-state index is 0.0927. The van der Waals surface area contributed by atoms with Gasteiger partial charge >= 0.3 is 0 Å². The molecule has 1 heterocycles. The second-order valence-corrected chi connectivity index (χ2v) is 6.27. The summed E-state index contributed by atoms with van der Waals surface area (Å²) in [6.45, 7) is 2.05. The van der Waals surface area contributed by atoms with Gasteiger partial charge in [-0.2, -0.15) is 0 Å². The molecule has 0 fully saturated rings. The van der Waals surface area contributed by atoms with Crippen LogP contribution >= 0.6 is 0 Å². The van der Waals surface area contributed by atoms with Crippen molar-refractivity contribution in [3.05, 3.63) is 24.3 Å². The normalized spacial score (nSPS) is 27.6. The summed E-state index contributed by atoms with van der Waals surface area (Å²) in [6.07, 6.45) is 0. The molecule has 88 valence electrons. The predicted octanol–water partition coefficient (Wildman–Crippen LogP) is 0.626. The highest BCUT2D eigenvalue weighted by Gasteiger charge is 2.40. The Kier molecular flexibility index (Phi) is 2.67. The summed E-state index contributed by atoms with van der Waals surface area (Å²) < 4.78 is 24.6. The highest BCUT2D eigenvalue weighted by atomic mass is 32.2. The molecule has 1 aromatic carbocycles. The third-order valence-corrected chi connectivity index (χ3v) is 5.67. The van der Waals surface area contributed by atoms with Crippen LogP contribution in [0.2, 0.25) is 0 Å². The molecule has 2 unspecified atom stereocenters. The molecule has 2 atom stereocenters. The highest BCUT2D eigenvalue weighted by molar-refractivity contribution is 7.92. The smallest absolute Gasteiger partial charge is 0.186 e. The maximum atomic E-state index is 12.3. The molecule has 0 aromatic heterocycles. The molecule has 0 bridgehead atoms. The molecular formula is C11H16N2O2S. The maximum absolute atomic E-state index is 12.3. The molecular weight excluding hydrogens is 224 g/mol. The van der Waals surface area contributed by atoms with Gasteiger partial charge in [0.15, 0.2) is 9.84 Å². The van der Waals surface area contributed by atoms with E-state index in [9.17, 15) is 8.42 Å². The van der Waals surface area contributed by atoms with E-state index in [2.05, 4.69) is 0 Å². The monoisotopic (exact) mass is 240 g/mol. The first kappa shape index (κ1) is 11.4. The Hall–Kier alpha value is -1.07. The predicted molar refractivity (Wildman–Crippen MR) is 64.3 cm³/mol. The molecule has 0 spiro atoms. The van der Waals surface area contributed by atoms with Gasteiger partial charge in [-0.1, -0.05) is 12.1 Å². The molecule has 2 rings (SSSR count). The van der Waals surface area contributed by atoms with Crippen LogP contribution in [0, 0.1) is 0 Å². The second kappa shape index (κ2) is 3.75. The van der Waals surface area contributed by atoms with Crippen LogP contribution < -0.4 is 10.6 Å². The van der Waals surface area contributed by atoms with Crippen molar-refractivity contribution < 1.29 is 8.42 Å². The number of para-hydroxylation sites is 1. The first-order chi connectivity index (χ1) is 7.50. The minimum Gasteiger partial charge on any atom is -0.369 e. The van der Waals surface area contributed by atoms with E-state index >= 15 is 0 Å². The van der Waals surface area contributed by atoms with Crippen molar-refractivity contribution in [2.75, 3.05) is 18.5 Å². The number of sulfone groups is 1. The van der Waals surface area contributed by atoms with Crippen LogP contribution in [-0.4, -0.2) is 33.3 Å². The van der Waals surface area contributed by atoms with Gasteiger partial charge in [0.1, 0.15) is 0 Å². The minimum atomic E-state index is -3.28.